The summed E-state index contributed by atoms with van der Waals surface area (Å²) in [6.07, 6.45) is 1.68. The second-order valence-corrected chi connectivity index (χ2v) is 6.85. The molecule has 3 heterocycles. The van der Waals surface area contributed by atoms with E-state index in [1.807, 2.05) is 0 Å². The molecule has 4 unspecified atom stereocenters. The van der Waals surface area contributed by atoms with Gasteiger partial charge in [0.2, 0.25) is 5.91 Å². The molecule has 126 valence electrons. The first-order valence-corrected chi connectivity index (χ1v) is 8.49. The van der Waals surface area contributed by atoms with Crippen LogP contribution in [0.5, 0.6) is 0 Å². The zero-order valence-electron chi connectivity index (χ0n) is 13.8. The van der Waals surface area contributed by atoms with E-state index in [0.717, 1.165) is 25.9 Å². The van der Waals surface area contributed by atoms with Crippen molar-refractivity contribution in [1.82, 2.24) is 26.4 Å². The van der Waals surface area contributed by atoms with Crippen LogP contribution in [0.3, 0.4) is 0 Å². The number of hydrazine groups is 1. The second-order valence-electron chi connectivity index (χ2n) is 6.85. The van der Waals surface area contributed by atoms with Gasteiger partial charge in [0.05, 0.1) is 6.04 Å². The Labute approximate surface area is 132 Å². The van der Waals surface area contributed by atoms with Crippen LogP contribution in [0.1, 0.15) is 33.6 Å². The summed E-state index contributed by atoms with van der Waals surface area (Å²) in [6.45, 7) is 8.98. The third-order valence-electron chi connectivity index (χ3n) is 5.30. The normalized spacial score (nSPS) is 43.4. The van der Waals surface area contributed by atoms with Crippen molar-refractivity contribution in [3.8, 4) is 0 Å². The van der Waals surface area contributed by atoms with E-state index < -0.39 is 0 Å². The van der Waals surface area contributed by atoms with Crippen LogP contribution in [0.4, 0.5) is 0 Å². The summed E-state index contributed by atoms with van der Waals surface area (Å²) in [6, 6.07) is 1.06. The van der Waals surface area contributed by atoms with E-state index in [4.69, 9.17) is 4.74 Å². The Kier molecular flexibility index (Phi) is 4.99. The second kappa shape index (κ2) is 6.80. The third-order valence-corrected chi connectivity index (χ3v) is 5.30. The summed E-state index contributed by atoms with van der Waals surface area (Å²) >= 11 is 0. The molecule has 3 rings (SSSR count). The summed E-state index contributed by atoms with van der Waals surface area (Å²) in [7, 11) is 0. The van der Waals surface area contributed by atoms with Crippen molar-refractivity contribution < 1.29 is 9.53 Å². The number of amides is 1. The summed E-state index contributed by atoms with van der Waals surface area (Å²) in [5.41, 5.74) is 3.52. The van der Waals surface area contributed by atoms with Gasteiger partial charge in [-0.05, 0) is 32.6 Å². The van der Waals surface area contributed by atoms with Gasteiger partial charge >= 0.3 is 0 Å². The van der Waals surface area contributed by atoms with Crippen molar-refractivity contribution >= 4 is 5.91 Å². The highest BCUT2D eigenvalue weighted by Gasteiger charge is 2.38. The highest BCUT2D eigenvalue weighted by atomic mass is 16.5. The van der Waals surface area contributed by atoms with E-state index in [0.29, 0.717) is 24.6 Å². The Balaban J connectivity index is 1.45. The van der Waals surface area contributed by atoms with Gasteiger partial charge in [0.25, 0.3) is 0 Å². The SMILES string of the molecule is CC1NN(C2NCC(NC(=O)C3CCCO3)CN2)C(C)C1C. The highest BCUT2D eigenvalue weighted by molar-refractivity contribution is 5.81. The summed E-state index contributed by atoms with van der Waals surface area (Å²) in [5.74, 6) is 0.639. The molecule has 0 aromatic carbocycles. The summed E-state index contributed by atoms with van der Waals surface area (Å²) < 4.78 is 5.43. The van der Waals surface area contributed by atoms with E-state index in [1.54, 1.807) is 0 Å². The van der Waals surface area contributed by atoms with Crippen LogP contribution >= 0.6 is 0 Å². The molecule has 0 aromatic heterocycles. The number of hydrogen-bond acceptors (Lipinski definition) is 6. The molecule has 7 nitrogen and oxygen atoms in total. The van der Waals surface area contributed by atoms with Crippen LogP contribution in [0.25, 0.3) is 0 Å². The lowest BCUT2D eigenvalue weighted by atomic mass is 9.99. The number of nitrogens with zero attached hydrogens (tertiary/aromatic N) is 1. The monoisotopic (exact) mass is 311 g/mol. The van der Waals surface area contributed by atoms with Gasteiger partial charge in [0, 0.05) is 31.8 Å². The van der Waals surface area contributed by atoms with E-state index in [1.165, 1.54) is 0 Å². The van der Waals surface area contributed by atoms with Gasteiger partial charge in [-0.3, -0.25) is 15.4 Å². The maximum atomic E-state index is 12.1. The molecule has 0 bridgehead atoms. The van der Waals surface area contributed by atoms with Gasteiger partial charge in [-0.25, -0.2) is 10.4 Å². The van der Waals surface area contributed by atoms with E-state index in [-0.39, 0.29) is 24.3 Å². The molecule has 0 aromatic rings. The lowest BCUT2D eigenvalue weighted by molar-refractivity contribution is -0.131. The van der Waals surface area contributed by atoms with Crippen molar-refractivity contribution in [1.29, 1.82) is 0 Å². The maximum Gasteiger partial charge on any atom is 0.249 e. The zero-order chi connectivity index (χ0) is 15.7. The fraction of sp³-hybridized carbons (Fsp3) is 0.933. The Morgan fingerprint density at radius 2 is 1.95 bits per heavy atom. The molecule has 3 fully saturated rings. The minimum absolute atomic E-state index is 0.0273. The molecule has 3 saturated heterocycles. The van der Waals surface area contributed by atoms with Crippen molar-refractivity contribution in [2.75, 3.05) is 19.7 Å². The molecular formula is C15H29N5O2. The first-order chi connectivity index (χ1) is 10.6. The predicted molar refractivity (Wildman–Crippen MR) is 83.8 cm³/mol. The number of ether oxygens (including phenoxy) is 1. The molecule has 0 spiro atoms. The molecule has 7 heteroatoms. The standard InChI is InChI=1S/C15H29N5O2/c1-9-10(2)19-20(11(9)3)15-16-7-12(8-17-15)18-14(21)13-5-4-6-22-13/h9-13,15-17,19H,4-8H2,1-3H3,(H,18,21). The molecule has 4 N–H and O–H groups in total. The van der Waals surface area contributed by atoms with Crippen LogP contribution in [0.2, 0.25) is 0 Å². The van der Waals surface area contributed by atoms with Crippen LogP contribution in [-0.4, -0.2) is 61.1 Å². The van der Waals surface area contributed by atoms with Crippen molar-refractivity contribution in [2.45, 2.75) is 64.1 Å². The smallest absolute Gasteiger partial charge is 0.249 e. The Morgan fingerprint density at radius 1 is 1.23 bits per heavy atom. The largest absolute Gasteiger partial charge is 0.368 e. The van der Waals surface area contributed by atoms with Gasteiger partial charge in [0.15, 0.2) is 0 Å². The summed E-state index contributed by atoms with van der Waals surface area (Å²) in [4.78, 5) is 12.1. The van der Waals surface area contributed by atoms with E-state index in [2.05, 4.69) is 47.2 Å². The zero-order valence-corrected chi connectivity index (χ0v) is 13.8. The molecule has 0 saturated carbocycles. The van der Waals surface area contributed by atoms with Crippen LogP contribution in [0.15, 0.2) is 0 Å². The number of rotatable bonds is 3. The molecule has 4 atom stereocenters. The van der Waals surface area contributed by atoms with E-state index >= 15 is 0 Å². The highest BCUT2D eigenvalue weighted by Crippen LogP contribution is 2.22. The molecule has 22 heavy (non-hydrogen) atoms. The van der Waals surface area contributed by atoms with Gasteiger partial charge < -0.3 is 10.1 Å². The van der Waals surface area contributed by atoms with Crippen molar-refractivity contribution in [3.63, 3.8) is 0 Å². The van der Waals surface area contributed by atoms with E-state index in [9.17, 15) is 4.79 Å². The molecule has 0 radical (unpaired) electrons. The number of nitrogens with one attached hydrogen (secondary N) is 4. The first kappa shape index (κ1) is 16.1. The minimum Gasteiger partial charge on any atom is -0.368 e. The molecule has 3 aliphatic rings. The quantitative estimate of drug-likeness (QED) is 0.555. The van der Waals surface area contributed by atoms with Crippen LogP contribution in [0, 0.1) is 5.92 Å². The Bertz CT molecular complexity index is 393. The number of hydrogen-bond donors (Lipinski definition) is 4. The lowest BCUT2D eigenvalue weighted by Gasteiger charge is -2.39. The lowest BCUT2D eigenvalue weighted by Crippen LogP contribution is -2.68. The maximum absolute atomic E-state index is 12.1. The van der Waals surface area contributed by atoms with Gasteiger partial charge in [-0.2, -0.15) is 0 Å². The topological polar surface area (TPSA) is 77.7 Å². The average molecular weight is 311 g/mol. The minimum atomic E-state index is -0.250. The molecule has 0 aliphatic carbocycles. The van der Waals surface area contributed by atoms with Crippen LogP contribution in [-0.2, 0) is 9.53 Å². The fourth-order valence-corrected chi connectivity index (χ4v) is 3.48. The van der Waals surface area contributed by atoms with Gasteiger partial charge in [-0.1, -0.05) is 6.92 Å². The van der Waals surface area contributed by atoms with Gasteiger partial charge in [0.1, 0.15) is 12.4 Å². The van der Waals surface area contributed by atoms with Gasteiger partial charge in [-0.15, -0.1) is 0 Å². The number of carbonyl (C=O) groups is 1. The molecule has 1 amide bonds. The van der Waals surface area contributed by atoms with Crippen LogP contribution < -0.4 is 21.4 Å². The third kappa shape index (κ3) is 3.28. The summed E-state index contributed by atoms with van der Waals surface area (Å²) in [5, 5.41) is 12.3. The fourth-order valence-electron chi connectivity index (χ4n) is 3.48. The number of carbonyl (C=O) groups excluding carboxylic acids is 1. The average Bonchev–Trinajstić information content (AvgIpc) is 3.13. The molecule has 3 aliphatic heterocycles. The molecular weight excluding hydrogens is 282 g/mol. The first-order valence-electron chi connectivity index (χ1n) is 8.49. The Hall–Kier alpha value is -0.730. The van der Waals surface area contributed by atoms with Crippen molar-refractivity contribution in [2.24, 2.45) is 5.92 Å². The Morgan fingerprint density at radius 3 is 2.50 bits per heavy atom. The van der Waals surface area contributed by atoms with Crippen molar-refractivity contribution in [3.05, 3.63) is 0 Å². The predicted octanol–water partition coefficient (Wildman–Crippen LogP) is -0.640.